The number of hydrogen-bond acceptors (Lipinski definition) is 6. The lowest BCUT2D eigenvalue weighted by Gasteiger charge is -2.16. The Bertz CT molecular complexity index is 1510. The van der Waals surface area contributed by atoms with Gasteiger partial charge in [0.2, 0.25) is 5.91 Å². The molecule has 0 aliphatic carbocycles. The van der Waals surface area contributed by atoms with Crippen molar-refractivity contribution in [1.29, 1.82) is 0 Å². The molecule has 0 spiro atoms. The van der Waals surface area contributed by atoms with Gasteiger partial charge < -0.3 is 14.8 Å². The highest BCUT2D eigenvalue weighted by atomic mass is 16.5. The van der Waals surface area contributed by atoms with Gasteiger partial charge >= 0.3 is 5.69 Å². The number of carbonyl (C=O) groups is 1. The van der Waals surface area contributed by atoms with E-state index in [4.69, 9.17) is 9.47 Å². The molecule has 0 unspecified atom stereocenters. The van der Waals surface area contributed by atoms with Crippen molar-refractivity contribution >= 4 is 22.6 Å². The highest BCUT2D eigenvalue weighted by Gasteiger charge is 2.20. The molecule has 0 saturated carbocycles. The highest BCUT2D eigenvalue weighted by molar-refractivity contribution is 5.92. The number of carbonyl (C=O) groups excluding carboxylic acids is 1. The number of para-hydroxylation sites is 1. The predicted octanol–water partition coefficient (Wildman–Crippen LogP) is 2.82. The molecule has 0 radical (unpaired) electrons. The summed E-state index contributed by atoms with van der Waals surface area (Å²) in [4.78, 5) is 44.3. The van der Waals surface area contributed by atoms with Crippen molar-refractivity contribution in [2.24, 2.45) is 0 Å². The molecule has 174 valence electrons. The van der Waals surface area contributed by atoms with E-state index in [1.165, 1.54) is 18.8 Å². The molecule has 0 bridgehead atoms. The summed E-state index contributed by atoms with van der Waals surface area (Å²) in [5.74, 6) is 0.363. The van der Waals surface area contributed by atoms with Crippen LogP contribution in [-0.2, 0) is 11.3 Å². The monoisotopic (exact) mass is 460 g/mol. The topological polar surface area (TPSA) is 104 Å². The Labute approximate surface area is 195 Å². The van der Waals surface area contributed by atoms with Gasteiger partial charge in [0, 0.05) is 11.8 Å². The number of nitrogens with one attached hydrogen (secondary N) is 1. The van der Waals surface area contributed by atoms with Crippen molar-refractivity contribution in [3.05, 3.63) is 86.7 Å². The van der Waals surface area contributed by atoms with Crippen molar-refractivity contribution < 1.29 is 14.3 Å². The number of fused-ring (bicyclic) bond motifs is 1. The fraction of sp³-hybridized carbons (Fsp3) is 0.200. The van der Waals surface area contributed by atoms with Gasteiger partial charge in [-0.25, -0.2) is 18.9 Å². The molecule has 2 aromatic heterocycles. The summed E-state index contributed by atoms with van der Waals surface area (Å²) in [5.41, 5.74) is 1.26. The Morgan fingerprint density at radius 3 is 2.41 bits per heavy atom. The molecule has 1 N–H and O–H groups in total. The number of aromatic nitrogens is 3. The zero-order chi connectivity index (χ0) is 24.4. The van der Waals surface area contributed by atoms with E-state index < -0.39 is 23.7 Å². The third-order valence-electron chi connectivity index (χ3n) is 5.42. The van der Waals surface area contributed by atoms with E-state index in [1.54, 1.807) is 62.4 Å². The zero-order valence-corrected chi connectivity index (χ0v) is 19.3. The van der Waals surface area contributed by atoms with E-state index in [2.05, 4.69) is 10.3 Å². The molecule has 34 heavy (non-hydrogen) atoms. The second-order valence-corrected chi connectivity index (χ2v) is 7.74. The van der Waals surface area contributed by atoms with Gasteiger partial charge in [-0.15, -0.1) is 0 Å². The average molecular weight is 460 g/mol. The van der Waals surface area contributed by atoms with Crippen molar-refractivity contribution in [2.45, 2.75) is 20.4 Å². The van der Waals surface area contributed by atoms with E-state index in [0.29, 0.717) is 34.1 Å². The first-order valence-electron chi connectivity index (χ1n) is 10.5. The summed E-state index contributed by atoms with van der Waals surface area (Å²) in [5, 5.41) is 2.98. The number of benzene rings is 2. The second kappa shape index (κ2) is 9.22. The number of ether oxygens (including phenoxy) is 2. The average Bonchev–Trinajstić information content (AvgIpc) is 2.82. The number of anilines is 1. The molecule has 2 aromatic carbocycles. The van der Waals surface area contributed by atoms with Gasteiger partial charge in [-0.3, -0.25) is 9.59 Å². The van der Waals surface area contributed by atoms with Gasteiger partial charge in [0.15, 0.2) is 5.65 Å². The lowest BCUT2D eigenvalue weighted by atomic mass is 10.1. The van der Waals surface area contributed by atoms with Crippen LogP contribution in [0.3, 0.4) is 0 Å². The molecule has 2 heterocycles. The molecule has 9 heteroatoms. The van der Waals surface area contributed by atoms with E-state index in [0.717, 1.165) is 4.57 Å². The van der Waals surface area contributed by atoms with Crippen LogP contribution in [-0.4, -0.2) is 34.2 Å². The fourth-order valence-corrected chi connectivity index (χ4v) is 3.87. The van der Waals surface area contributed by atoms with E-state index >= 15 is 0 Å². The van der Waals surface area contributed by atoms with Gasteiger partial charge in [-0.05, 0) is 49.7 Å². The highest BCUT2D eigenvalue weighted by Crippen LogP contribution is 2.28. The van der Waals surface area contributed by atoms with Crippen molar-refractivity contribution in [3.8, 4) is 17.2 Å². The number of aryl methyl sites for hydroxylation is 2. The minimum Gasteiger partial charge on any atom is -0.497 e. The third kappa shape index (κ3) is 4.15. The fourth-order valence-electron chi connectivity index (χ4n) is 3.87. The molecular weight excluding hydrogens is 436 g/mol. The van der Waals surface area contributed by atoms with Gasteiger partial charge in [0.05, 0.1) is 31.0 Å². The first kappa shape index (κ1) is 22.8. The van der Waals surface area contributed by atoms with Crippen molar-refractivity contribution in [3.63, 3.8) is 0 Å². The van der Waals surface area contributed by atoms with Crippen LogP contribution in [0, 0.1) is 13.8 Å². The quantitative estimate of drug-likeness (QED) is 0.475. The Kier molecular flexibility index (Phi) is 6.18. The number of nitrogens with zero attached hydrogens (tertiary/aromatic N) is 3. The predicted molar refractivity (Wildman–Crippen MR) is 129 cm³/mol. The second-order valence-electron chi connectivity index (χ2n) is 7.74. The van der Waals surface area contributed by atoms with Gasteiger partial charge in [-0.2, -0.15) is 0 Å². The Balaban J connectivity index is 1.85. The summed E-state index contributed by atoms with van der Waals surface area (Å²) in [6.45, 7) is 3.09. The van der Waals surface area contributed by atoms with Crippen molar-refractivity contribution in [1.82, 2.24) is 14.1 Å². The number of hydrogen-bond donors (Lipinski definition) is 1. The normalized spacial score (nSPS) is 10.8. The summed E-state index contributed by atoms with van der Waals surface area (Å²) >= 11 is 0. The zero-order valence-electron chi connectivity index (χ0n) is 19.3. The first-order chi connectivity index (χ1) is 16.3. The number of amides is 1. The van der Waals surface area contributed by atoms with Crippen LogP contribution in [0.5, 0.6) is 11.5 Å². The van der Waals surface area contributed by atoms with Gasteiger partial charge in [0.1, 0.15) is 18.0 Å². The molecule has 4 rings (SSSR count). The maximum absolute atomic E-state index is 13.5. The van der Waals surface area contributed by atoms with Crippen molar-refractivity contribution in [2.75, 3.05) is 19.5 Å². The van der Waals surface area contributed by atoms with E-state index in [9.17, 15) is 14.4 Å². The molecule has 9 nitrogen and oxygen atoms in total. The molecule has 0 aliphatic heterocycles. The molecule has 0 fully saturated rings. The van der Waals surface area contributed by atoms with Crippen LogP contribution < -0.4 is 26.0 Å². The maximum Gasteiger partial charge on any atom is 0.337 e. The molecular formula is C25H24N4O5. The summed E-state index contributed by atoms with van der Waals surface area (Å²) in [6, 6.07) is 15.6. The minimum absolute atomic E-state index is 0.254. The summed E-state index contributed by atoms with van der Waals surface area (Å²) in [6.07, 6.45) is 0. The van der Waals surface area contributed by atoms with E-state index in [1.807, 2.05) is 6.07 Å². The largest absolute Gasteiger partial charge is 0.497 e. The Morgan fingerprint density at radius 2 is 1.74 bits per heavy atom. The van der Waals surface area contributed by atoms with Crippen LogP contribution in [0.15, 0.2) is 64.2 Å². The molecule has 4 aromatic rings. The van der Waals surface area contributed by atoms with Crippen LogP contribution in [0.1, 0.15) is 11.3 Å². The maximum atomic E-state index is 13.5. The van der Waals surface area contributed by atoms with Crippen LogP contribution >= 0.6 is 0 Å². The Morgan fingerprint density at radius 1 is 1.00 bits per heavy atom. The lowest BCUT2D eigenvalue weighted by Crippen LogP contribution is -2.42. The van der Waals surface area contributed by atoms with Crippen LogP contribution in [0.2, 0.25) is 0 Å². The molecule has 0 aliphatic rings. The van der Waals surface area contributed by atoms with E-state index in [-0.39, 0.29) is 11.0 Å². The minimum atomic E-state index is -0.658. The molecule has 1 amide bonds. The molecule has 0 atom stereocenters. The Hall–Kier alpha value is -4.40. The van der Waals surface area contributed by atoms with Crippen LogP contribution in [0.25, 0.3) is 16.7 Å². The number of methoxy groups -OCH3 is 2. The van der Waals surface area contributed by atoms with Gasteiger partial charge in [0.25, 0.3) is 5.56 Å². The van der Waals surface area contributed by atoms with Crippen LogP contribution in [0.4, 0.5) is 5.69 Å². The smallest absolute Gasteiger partial charge is 0.337 e. The lowest BCUT2D eigenvalue weighted by molar-refractivity contribution is -0.116. The summed E-state index contributed by atoms with van der Waals surface area (Å²) in [7, 11) is 2.98. The SMILES string of the molecule is COc1ccc(OC)c(NC(=O)Cn2c(=O)c3c(C)cc(C)nc3n(-c3ccccc3)c2=O)c1. The van der Waals surface area contributed by atoms with Gasteiger partial charge in [-0.1, -0.05) is 18.2 Å². The summed E-state index contributed by atoms with van der Waals surface area (Å²) < 4.78 is 12.8. The molecule has 0 saturated heterocycles. The number of pyridine rings is 1. The first-order valence-corrected chi connectivity index (χ1v) is 10.5. The third-order valence-corrected chi connectivity index (χ3v) is 5.42. The standard InChI is InChI=1S/C25H24N4O5/c1-15-12-16(2)26-23-22(15)24(31)28(25(32)29(23)17-8-6-5-7-9-17)14-21(30)27-19-13-18(33-3)10-11-20(19)34-4/h5-13H,14H2,1-4H3,(H,27,30). The number of rotatable bonds is 6.